The van der Waals surface area contributed by atoms with Gasteiger partial charge in [0.15, 0.2) is 0 Å². The topological polar surface area (TPSA) is 52.6 Å². The summed E-state index contributed by atoms with van der Waals surface area (Å²) in [7, 11) is 2.74. The number of ether oxygens (including phenoxy) is 2. The van der Waals surface area contributed by atoms with Crippen LogP contribution in [0.4, 0.5) is 0 Å². The maximum absolute atomic E-state index is 12.8. The third-order valence-corrected chi connectivity index (χ3v) is 7.27. The Hall–Kier alpha value is -2.88. The fourth-order valence-electron chi connectivity index (χ4n) is 4.88. The third kappa shape index (κ3) is 14.0. The largest absolute Gasteiger partial charge is 0.466 e. The SMILES string of the molecule is COC(=O)C1=C(C(=O)OC)C(CC=C(C)CCC=C(C)CCC=C(C)C)C=C(CCC=C(C)CCC=C(C)C)C1. The van der Waals surface area contributed by atoms with Gasteiger partial charge in [0.05, 0.1) is 25.4 Å². The van der Waals surface area contributed by atoms with E-state index in [0.717, 1.165) is 51.4 Å². The molecule has 4 heteroatoms. The van der Waals surface area contributed by atoms with Gasteiger partial charge in [0.25, 0.3) is 0 Å². The fraction of sp³-hybridized carbons (Fsp3) is 0.556. The third-order valence-electron chi connectivity index (χ3n) is 7.27. The van der Waals surface area contributed by atoms with Crippen LogP contribution in [0.2, 0.25) is 0 Å². The minimum absolute atomic E-state index is 0.204. The minimum Gasteiger partial charge on any atom is -0.466 e. The van der Waals surface area contributed by atoms with Crippen LogP contribution in [0, 0.1) is 5.92 Å². The summed E-state index contributed by atoms with van der Waals surface area (Å²) >= 11 is 0. The zero-order chi connectivity index (χ0) is 30.1. The van der Waals surface area contributed by atoms with Gasteiger partial charge in [0.1, 0.15) is 0 Å². The molecule has 1 rings (SSSR count). The summed E-state index contributed by atoms with van der Waals surface area (Å²) in [5.74, 6) is -1.10. The first-order valence-corrected chi connectivity index (χ1v) is 14.8. The van der Waals surface area contributed by atoms with Crippen LogP contribution in [-0.4, -0.2) is 26.2 Å². The monoisotopic (exact) mass is 550 g/mol. The van der Waals surface area contributed by atoms with E-state index < -0.39 is 11.9 Å². The van der Waals surface area contributed by atoms with E-state index in [1.807, 2.05) is 0 Å². The molecular formula is C36H54O4. The van der Waals surface area contributed by atoms with Crippen LogP contribution in [-0.2, 0) is 19.1 Å². The smallest absolute Gasteiger partial charge is 0.334 e. The molecule has 1 aliphatic rings. The summed E-state index contributed by atoms with van der Waals surface area (Å²) in [5, 5.41) is 0. The van der Waals surface area contributed by atoms with Gasteiger partial charge in [-0.3, -0.25) is 0 Å². The molecule has 0 saturated carbocycles. The highest BCUT2D eigenvalue weighted by Crippen LogP contribution is 2.35. The lowest BCUT2D eigenvalue weighted by atomic mass is 9.80. The molecule has 0 fully saturated rings. The van der Waals surface area contributed by atoms with Gasteiger partial charge in [-0.05, 0) is 106 Å². The van der Waals surface area contributed by atoms with E-state index in [1.54, 1.807) is 0 Å². The van der Waals surface area contributed by atoms with Crippen molar-refractivity contribution in [1.29, 1.82) is 0 Å². The van der Waals surface area contributed by atoms with Crippen molar-refractivity contribution in [2.75, 3.05) is 14.2 Å². The van der Waals surface area contributed by atoms with Crippen LogP contribution in [0.25, 0.3) is 0 Å². The number of hydrogen-bond acceptors (Lipinski definition) is 4. The normalized spacial score (nSPS) is 16.4. The molecule has 0 bridgehead atoms. The Morgan fingerprint density at radius 1 is 0.700 bits per heavy atom. The molecule has 0 aromatic heterocycles. The molecule has 4 nitrogen and oxygen atoms in total. The predicted molar refractivity (Wildman–Crippen MR) is 169 cm³/mol. The molecule has 222 valence electrons. The lowest BCUT2D eigenvalue weighted by Crippen LogP contribution is -2.23. The van der Waals surface area contributed by atoms with Crippen molar-refractivity contribution in [3.63, 3.8) is 0 Å². The van der Waals surface area contributed by atoms with Gasteiger partial charge in [-0.1, -0.05) is 69.9 Å². The maximum atomic E-state index is 12.8. The lowest BCUT2D eigenvalue weighted by Gasteiger charge is -2.25. The number of hydrogen-bond donors (Lipinski definition) is 0. The number of allylic oxidation sites excluding steroid dienone is 12. The molecule has 0 aromatic carbocycles. The van der Waals surface area contributed by atoms with E-state index in [2.05, 4.69) is 84.9 Å². The van der Waals surface area contributed by atoms with Crippen molar-refractivity contribution in [3.8, 4) is 0 Å². The van der Waals surface area contributed by atoms with Crippen molar-refractivity contribution in [2.24, 2.45) is 5.92 Å². The molecule has 1 unspecified atom stereocenters. The van der Waals surface area contributed by atoms with E-state index in [-0.39, 0.29) is 5.92 Å². The number of rotatable bonds is 16. The molecule has 0 aromatic rings. The molecular weight excluding hydrogens is 496 g/mol. The Balaban J connectivity index is 3.01. The Morgan fingerprint density at radius 3 is 1.68 bits per heavy atom. The number of carbonyl (C=O) groups excluding carboxylic acids is 2. The van der Waals surface area contributed by atoms with Gasteiger partial charge in [0.2, 0.25) is 0 Å². The first kappa shape index (κ1) is 35.1. The summed E-state index contributed by atoms with van der Waals surface area (Å²) in [5.41, 5.74) is 8.84. The van der Waals surface area contributed by atoms with Crippen LogP contribution in [0.3, 0.4) is 0 Å². The second kappa shape index (κ2) is 19.2. The standard InChI is InChI=1S/C36H54O4/c1-26(2)14-10-16-28(5)18-12-19-30(7)22-23-32-24-31(21-13-20-29(6)17-11-15-27(3)4)25-33(35(37)39-8)34(32)36(38)40-9/h14-15,18,20,22,24,32H,10-13,16-17,19,21,23,25H2,1-9H3. The Kier molecular flexibility index (Phi) is 16.9. The molecule has 0 heterocycles. The van der Waals surface area contributed by atoms with Crippen molar-refractivity contribution in [1.82, 2.24) is 0 Å². The molecule has 0 amide bonds. The van der Waals surface area contributed by atoms with Crippen LogP contribution >= 0.6 is 0 Å². The van der Waals surface area contributed by atoms with Crippen LogP contribution < -0.4 is 0 Å². The van der Waals surface area contributed by atoms with E-state index in [9.17, 15) is 9.59 Å². The van der Waals surface area contributed by atoms with E-state index >= 15 is 0 Å². The Bertz CT molecular complexity index is 1060. The second-order valence-corrected chi connectivity index (χ2v) is 11.6. The first-order valence-electron chi connectivity index (χ1n) is 14.8. The predicted octanol–water partition coefficient (Wildman–Crippen LogP) is 9.86. The average molecular weight is 551 g/mol. The molecule has 40 heavy (non-hydrogen) atoms. The van der Waals surface area contributed by atoms with Gasteiger partial charge in [-0.2, -0.15) is 0 Å². The Morgan fingerprint density at radius 2 is 1.18 bits per heavy atom. The van der Waals surface area contributed by atoms with E-state index in [4.69, 9.17) is 9.47 Å². The first-order chi connectivity index (χ1) is 19.0. The summed E-state index contributed by atoms with van der Waals surface area (Å²) < 4.78 is 10.2. The molecule has 0 aliphatic heterocycles. The summed E-state index contributed by atoms with van der Waals surface area (Å²) in [6.45, 7) is 15.1. The molecule has 1 atom stereocenters. The van der Waals surface area contributed by atoms with Crippen LogP contribution in [0.1, 0.15) is 113 Å². The minimum atomic E-state index is -0.448. The highest BCUT2D eigenvalue weighted by molar-refractivity contribution is 6.01. The zero-order valence-corrected chi connectivity index (χ0v) is 26.7. The van der Waals surface area contributed by atoms with E-state index in [1.165, 1.54) is 47.7 Å². The number of carbonyl (C=O) groups is 2. The molecule has 0 saturated heterocycles. The van der Waals surface area contributed by atoms with Crippen molar-refractivity contribution < 1.29 is 19.1 Å². The highest BCUT2D eigenvalue weighted by atomic mass is 16.5. The Labute approximate surface area is 244 Å². The summed E-state index contributed by atoms with van der Waals surface area (Å²) in [4.78, 5) is 25.6. The number of esters is 2. The van der Waals surface area contributed by atoms with Gasteiger partial charge in [-0.15, -0.1) is 0 Å². The highest BCUT2D eigenvalue weighted by Gasteiger charge is 2.32. The second-order valence-electron chi connectivity index (χ2n) is 11.6. The maximum Gasteiger partial charge on any atom is 0.334 e. The van der Waals surface area contributed by atoms with Crippen molar-refractivity contribution >= 4 is 11.9 Å². The van der Waals surface area contributed by atoms with Crippen LogP contribution in [0.5, 0.6) is 0 Å². The lowest BCUT2D eigenvalue weighted by molar-refractivity contribution is -0.139. The molecule has 0 spiro atoms. The quantitative estimate of drug-likeness (QED) is 0.142. The van der Waals surface area contributed by atoms with Gasteiger partial charge >= 0.3 is 11.9 Å². The summed E-state index contributed by atoms with van der Waals surface area (Å²) in [6.07, 6.45) is 22.7. The van der Waals surface area contributed by atoms with E-state index in [0.29, 0.717) is 24.0 Å². The fourth-order valence-corrected chi connectivity index (χ4v) is 4.88. The van der Waals surface area contributed by atoms with Gasteiger partial charge in [0, 0.05) is 12.3 Å². The van der Waals surface area contributed by atoms with Gasteiger partial charge < -0.3 is 9.47 Å². The average Bonchev–Trinajstić information content (AvgIpc) is 2.90. The molecule has 0 radical (unpaired) electrons. The molecule has 0 N–H and O–H groups in total. The van der Waals surface area contributed by atoms with Crippen molar-refractivity contribution in [2.45, 2.75) is 113 Å². The zero-order valence-electron chi connectivity index (χ0n) is 26.7. The number of methoxy groups -OCH3 is 2. The molecule has 1 aliphatic carbocycles. The van der Waals surface area contributed by atoms with Crippen molar-refractivity contribution in [3.05, 3.63) is 81.0 Å². The summed E-state index contributed by atoms with van der Waals surface area (Å²) in [6, 6.07) is 0. The van der Waals surface area contributed by atoms with Gasteiger partial charge in [-0.25, -0.2) is 9.59 Å². The van der Waals surface area contributed by atoms with Crippen LogP contribution in [0.15, 0.2) is 81.0 Å².